The molecule has 0 bridgehead atoms. The molecule has 3 aromatic heterocycles. The lowest BCUT2D eigenvalue weighted by Gasteiger charge is -2.19. The number of nitrogens with one attached hydrogen (secondary N) is 2. The van der Waals surface area contributed by atoms with E-state index in [2.05, 4.69) is 36.0 Å². The summed E-state index contributed by atoms with van der Waals surface area (Å²) in [5.74, 6) is 0. The van der Waals surface area contributed by atoms with Gasteiger partial charge in [-0.15, -0.1) is 22.7 Å². The van der Waals surface area contributed by atoms with Crippen LogP contribution in [0.5, 0.6) is 0 Å². The Morgan fingerprint density at radius 2 is 2.21 bits per heavy atom. The maximum atomic E-state index is 12.8. The van der Waals surface area contributed by atoms with Gasteiger partial charge in [-0.1, -0.05) is 11.6 Å². The number of aromatic nitrogens is 2. The fourth-order valence-electron chi connectivity index (χ4n) is 2.59. The average Bonchev–Trinajstić information content (AvgIpc) is 3.26. The van der Waals surface area contributed by atoms with Gasteiger partial charge >= 0.3 is 6.30 Å². The van der Waals surface area contributed by atoms with Gasteiger partial charge in [0.15, 0.2) is 0 Å². The first-order valence-corrected chi connectivity index (χ1v) is 10.9. The summed E-state index contributed by atoms with van der Waals surface area (Å²) in [6.07, 6.45) is -2.94. The third-order valence-electron chi connectivity index (χ3n) is 3.70. The van der Waals surface area contributed by atoms with Crippen molar-refractivity contribution in [2.75, 3.05) is 11.9 Å². The van der Waals surface area contributed by atoms with Crippen molar-refractivity contribution in [3.63, 3.8) is 0 Å². The molecule has 0 aliphatic carbocycles. The third kappa shape index (κ3) is 6.01. The molecule has 0 aliphatic rings. The number of carbonyl (C=O) groups excluding carboxylic acids is 1. The summed E-state index contributed by atoms with van der Waals surface area (Å²) in [4.78, 5) is 19.5. The molecule has 3 rings (SSSR count). The van der Waals surface area contributed by atoms with Crippen LogP contribution in [0.1, 0.15) is 9.88 Å². The predicted octanol–water partition coefficient (Wildman–Crippen LogP) is 4.97. The van der Waals surface area contributed by atoms with E-state index in [0.29, 0.717) is 27.1 Å². The summed E-state index contributed by atoms with van der Waals surface area (Å²) in [5.41, 5.74) is 1.25. The highest BCUT2D eigenvalue weighted by molar-refractivity contribution is 9.10. The number of pyridine rings is 1. The van der Waals surface area contributed by atoms with Gasteiger partial charge in [0.1, 0.15) is 16.8 Å². The zero-order valence-corrected chi connectivity index (χ0v) is 18.4. The first-order chi connectivity index (χ1) is 13.8. The van der Waals surface area contributed by atoms with Crippen molar-refractivity contribution >= 4 is 72.6 Å². The Labute approximate surface area is 184 Å². The van der Waals surface area contributed by atoms with Crippen molar-refractivity contribution in [2.24, 2.45) is 0 Å². The summed E-state index contributed by atoms with van der Waals surface area (Å²) < 4.78 is 44.2. The van der Waals surface area contributed by atoms with Gasteiger partial charge in [-0.3, -0.25) is 4.79 Å². The maximum Gasteiger partial charge on any atom is 0.457 e. The molecule has 0 aliphatic heterocycles. The molecular weight excluding hydrogens is 517 g/mol. The molecular formula is C16H13BrClF3N4O2S2. The molecule has 0 spiro atoms. The summed E-state index contributed by atoms with van der Waals surface area (Å²) in [6.45, 7) is 0.170. The van der Waals surface area contributed by atoms with Crippen molar-refractivity contribution in [1.29, 1.82) is 0 Å². The molecule has 13 heteroatoms. The number of anilines is 1. The highest BCUT2D eigenvalue weighted by Crippen LogP contribution is 2.40. The van der Waals surface area contributed by atoms with Gasteiger partial charge in [0.05, 0.1) is 33.0 Å². The minimum absolute atomic E-state index is 0.0293. The number of rotatable bonds is 9. The topological polar surface area (TPSA) is 76.1 Å². The molecule has 6 nitrogen and oxygen atoms in total. The van der Waals surface area contributed by atoms with Crippen LogP contribution in [0.2, 0.25) is 5.15 Å². The second-order valence-corrected chi connectivity index (χ2v) is 9.03. The maximum absolute atomic E-state index is 12.8. The van der Waals surface area contributed by atoms with E-state index < -0.39 is 18.9 Å². The Kier molecular flexibility index (Phi) is 7.32. The van der Waals surface area contributed by atoms with Crippen LogP contribution in [0.15, 0.2) is 22.1 Å². The van der Waals surface area contributed by atoms with E-state index in [0.717, 1.165) is 9.71 Å². The Bertz CT molecular complexity index is 985. The molecule has 156 valence electrons. The quantitative estimate of drug-likeness (QED) is 0.231. The van der Waals surface area contributed by atoms with Crippen LogP contribution in [0.3, 0.4) is 0 Å². The van der Waals surface area contributed by atoms with E-state index in [-0.39, 0.29) is 18.0 Å². The Morgan fingerprint density at radius 1 is 1.41 bits per heavy atom. The molecule has 0 aromatic carbocycles. The minimum Gasteiger partial charge on any atom is -0.466 e. The lowest BCUT2D eigenvalue weighted by atomic mass is 10.2. The molecule has 0 unspecified atom stereocenters. The van der Waals surface area contributed by atoms with Gasteiger partial charge < -0.3 is 10.1 Å². The molecule has 0 fully saturated rings. The Hall–Kier alpha value is -1.47. The Balaban J connectivity index is 1.88. The van der Waals surface area contributed by atoms with Crippen LogP contribution in [0.25, 0.3) is 10.2 Å². The molecule has 0 amide bonds. The zero-order valence-electron chi connectivity index (χ0n) is 14.4. The highest BCUT2D eigenvalue weighted by atomic mass is 79.9. The molecule has 3 aromatic rings. The zero-order chi connectivity index (χ0) is 21.0. The molecule has 3 heterocycles. The average molecular weight is 530 g/mol. The number of thiazole rings is 1. The fourth-order valence-corrected chi connectivity index (χ4v) is 5.37. The van der Waals surface area contributed by atoms with Gasteiger partial charge in [-0.05, 0) is 15.9 Å². The number of nitrogens with zero attached hydrogens (tertiary/aromatic N) is 2. The van der Waals surface area contributed by atoms with Gasteiger partial charge in [0, 0.05) is 28.9 Å². The smallest absolute Gasteiger partial charge is 0.457 e. The molecule has 0 saturated carbocycles. The van der Waals surface area contributed by atoms with Crippen LogP contribution in [0, 0.1) is 0 Å². The van der Waals surface area contributed by atoms with E-state index in [1.165, 1.54) is 28.0 Å². The number of ether oxygens (including phenoxy) is 1. The summed E-state index contributed by atoms with van der Waals surface area (Å²) >= 11 is 12.3. The van der Waals surface area contributed by atoms with Crippen LogP contribution >= 0.6 is 50.2 Å². The number of hydrogen-bond donors (Lipinski definition) is 2. The van der Waals surface area contributed by atoms with Gasteiger partial charge in [-0.2, -0.15) is 13.2 Å². The number of carbonyl (C=O) groups is 1. The van der Waals surface area contributed by atoms with Gasteiger partial charge in [0.25, 0.3) is 6.47 Å². The molecule has 0 radical (unpaired) electrons. The van der Waals surface area contributed by atoms with Crippen molar-refractivity contribution in [2.45, 2.75) is 25.3 Å². The third-order valence-corrected chi connectivity index (χ3v) is 7.02. The number of fused-ring (bicyclic) bond motifs is 1. The second-order valence-electron chi connectivity index (χ2n) is 5.76. The van der Waals surface area contributed by atoms with Gasteiger partial charge in [0.2, 0.25) is 0 Å². The molecule has 29 heavy (non-hydrogen) atoms. The van der Waals surface area contributed by atoms with Crippen LogP contribution < -0.4 is 10.6 Å². The lowest BCUT2D eigenvalue weighted by Crippen LogP contribution is -2.44. The highest BCUT2D eigenvalue weighted by Gasteiger charge is 2.32. The van der Waals surface area contributed by atoms with E-state index in [9.17, 15) is 18.0 Å². The van der Waals surface area contributed by atoms with E-state index in [1.54, 1.807) is 12.3 Å². The van der Waals surface area contributed by atoms with Crippen molar-refractivity contribution in [3.05, 3.63) is 37.2 Å². The van der Waals surface area contributed by atoms with E-state index in [4.69, 9.17) is 11.6 Å². The molecule has 1 atom stereocenters. The largest absolute Gasteiger partial charge is 0.466 e. The summed E-state index contributed by atoms with van der Waals surface area (Å²) in [6, 6.07) is 0.511. The summed E-state index contributed by atoms with van der Waals surface area (Å²) in [7, 11) is 0. The van der Waals surface area contributed by atoms with Crippen LogP contribution in [-0.2, 0) is 22.5 Å². The SMILES string of the molecule is O=COC[C@@H](Cc1sc2c(NCc3nccs3)cc(Cl)nc2c1Br)NC(F)(F)F. The van der Waals surface area contributed by atoms with Crippen LogP contribution in [-0.4, -0.2) is 35.4 Å². The minimum atomic E-state index is -4.61. The molecule has 2 N–H and O–H groups in total. The van der Waals surface area contributed by atoms with Crippen molar-refractivity contribution in [1.82, 2.24) is 15.3 Å². The normalized spacial score (nSPS) is 12.9. The Morgan fingerprint density at radius 3 is 2.86 bits per heavy atom. The number of halogens is 5. The standard InChI is InChI=1S/C16H13BrClF3N4O2S2/c17-13-10(3-8(6-27-7-26)25-16(19,20)21)29-15-9(4-11(18)24-14(13)15)23-5-12-22-1-2-28-12/h1-2,4,7-8,25H,3,5-6H2,(H,23,24)/t8-/m1/s1. The number of hydrogen-bond acceptors (Lipinski definition) is 8. The van der Waals surface area contributed by atoms with E-state index >= 15 is 0 Å². The lowest BCUT2D eigenvalue weighted by molar-refractivity contribution is -0.168. The second kappa shape index (κ2) is 9.56. The number of thiophene rings is 1. The van der Waals surface area contributed by atoms with Gasteiger partial charge in [-0.25, -0.2) is 15.3 Å². The fraction of sp³-hybridized carbons (Fsp3) is 0.312. The monoisotopic (exact) mass is 528 g/mol. The molecule has 0 saturated heterocycles. The summed E-state index contributed by atoms with van der Waals surface area (Å²) in [5, 5.41) is 7.75. The van der Waals surface area contributed by atoms with E-state index in [1.807, 2.05) is 5.38 Å². The van der Waals surface area contributed by atoms with Crippen molar-refractivity contribution < 1.29 is 22.7 Å². The van der Waals surface area contributed by atoms with Crippen LogP contribution in [0.4, 0.5) is 18.9 Å². The van der Waals surface area contributed by atoms with Crippen molar-refractivity contribution in [3.8, 4) is 0 Å². The first kappa shape index (κ1) is 22.2. The first-order valence-electron chi connectivity index (χ1n) is 8.06. The predicted molar refractivity (Wildman–Crippen MR) is 110 cm³/mol. The number of alkyl halides is 3.